The van der Waals surface area contributed by atoms with Crippen LogP contribution >= 0.6 is 11.3 Å². The molecule has 0 radical (unpaired) electrons. The van der Waals surface area contributed by atoms with Gasteiger partial charge in [0.1, 0.15) is 5.82 Å². The molecule has 0 saturated heterocycles. The van der Waals surface area contributed by atoms with Gasteiger partial charge in [-0.1, -0.05) is 44.2 Å². The van der Waals surface area contributed by atoms with E-state index in [2.05, 4.69) is 58.4 Å². The number of nitrogens with zero attached hydrogens (tertiary/aromatic N) is 3. The molecule has 0 fully saturated rings. The highest BCUT2D eigenvalue weighted by atomic mass is 32.1. The fourth-order valence-corrected chi connectivity index (χ4v) is 3.37. The maximum atomic E-state index is 4.71. The van der Waals surface area contributed by atoms with Gasteiger partial charge in [0.05, 0.1) is 16.7 Å². The van der Waals surface area contributed by atoms with Gasteiger partial charge in [0.15, 0.2) is 0 Å². The monoisotopic (exact) mass is 326 g/mol. The molecule has 1 N–H and O–H groups in total. The third-order valence-electron chi connectivity index (χ3n) is 3.80. The van der Waals surface area contributed by atoms with Crippen LogP contribution < -0.4 is 5.32 Å². The zero-order valence-electron chi connectivity index (χ0n) is 13.7. The molecule has 0 bridgehead atoms. The molecule has 0 aliphatic rings. The number of hydrogen-bond donors (Lipinski definition) is 1. The van der Waals surface area contributed by atoms with Crippen molar-refractivity contribution in [2.45, 2.75) is 32.4 Å². The minimum absolute atomic E-state index is 0.0559. The molecule has 5 heteroatoms. The van der Waals surface area contributed by atoms with Crippen LogP contribution in [0.2, 0.25) is 0 Å². The molecule has 0 aliphatic heterocycles. The Hall–Kier alpha value is -1.98. The summed E-state index contributed by atoms with van der Waals surface area (Å²) in [5.41, 5.74) is 2.30. The van der Waals surface area contributed by atoms with Gasteiger partial charge in [0.25, 0.3) is 0 Å². The van der Waals surface area contributed by atoms with Gasteiger partial charge in [-0.15, -0.1) is 11.3 Å². The highest BCUT2D eigenvalue weighted by Gasteiger charge is 2.18. The normalized spacial score (nSPS) is 12.7. The van der Waals surface area contributed by atoms with Crippen LogP contribution in [0.25, 0.3) is 0 Å². The van der Waals surface area contributed by atoms with E-state index in [9.17, 15) is 0 Å². The molecule has 3 rings (SSSR count). The van der Waals surface area contributed by atoms with Crippen molar-refractivity contribution < 1.29 is 0 Å². The van der Waals surface area contributed by atoms with E-state index in [1.54, 1.807) is 11.3 Å². The molecule has 4 nitrogen and oxygen atoms in total. The van der Waals surface area contributed by atoms with Crippen LogP contribution in [0.4, 0.5) is 0 Å². The maximum Gasteiger partial charge on any atom is 0.130 e. The molecule has 2 aromatic heterocycles. The minimum atomic E-state index is 0.0559. The standard InChI is InChI=1S/C18H22N4S/c1-13(2)18-21-15(12-23-18)11-20-16(14-7-5-4-6-8-14)17-19-9-10-22(17)3/h4-10,12-13,16,20H,11H2,1-3H3/t16-/m0/s1. The summed E-state index contributed by atoms with van der Waals surface area (Å²) in [5, 5.41) is 6.94. The maximum absolute atomic E-state index is 4.71. The second kappa shape index (κ2) is 7.06. The Bertz CT molecular complexity index is 745. The van der Waals surface area contributed by atoms with Crippen LogP contribution in [0.1, 0.15) is 47.9 Å². The Kier molecular flexibility index (Phi) is 4.88. The molecular weight excluding hydrogens is 304 g/mol. The van der Waals surface area contributed by atoms with Gasteiger partial charge in [-0.3, -0.25) is 5.32 Å². The van der Waals surface area contributed by atoms with E-state index in [0.717, 1.165) is 18.1 Å². The summed E-state index contributed by atoms with van der Waals surface area (Å²) in [6.07, 6.45) is 3.82. The zero-order chi connectivity index (χ0) is 16.2. The SMILES string of the molecule is CC(C)c1nc(CN[C@@H](c2ccccc2)c2nccn2C)cs1. The van der Waals surface area contributed by atoms with Gasteiger partial charge >= 0.3 is 0 Å². The van der Waals surface area contributed by atoms with Gasteiger partial charge in [-0.25, -0.2) is 9.97 Å². The molecule has 120 valence electrons. The van der Waals surface area contributed by atoms with Crippen molar-refractivity contribution in [1.82, 2.24) is 19.9 Å². The van der Waals surface area contributed by atoms with Gasteiger partial charge in [-0.2, -0.15) is 0 Å². The van der Waals surface area contributed by atoms with E-state index in [4.69, 9.17) is 4.98 Å². The van der Waals surface area contributed by atoms with Crippen molar-refractivity contribution in [1.29, 1.82) is 0 Å². The van der Waals surface area contributed by atoms with Crippen LogP contribution in [0, 0.1) is 0 Å². The van der Waals surface area contributed by atoms with Gasteiger partial charge in [-0.05, 0) is 5.56 Å². The summed E-state index contributed by atoms with van der Waals surface area (Å²) in [5.74, 6) is 1.49. The molecule has 0 amide bonds. The highest BCUT2D eigenvalue weighted by molar-refractivity contribution is 7.09. The van der Waals surface area contributed by atoms with Crippen molar-refractivity contribution in [3.8, 4) is 0 Å². The van der Waals surface area contributed by atoms with Crippen molar-refractivity contribution in [3.05, 3.63) is 70.2 Å². The summed E-state index contributed by atoms with van der Waals surface area (Å²) in [6.45, 7) is 5.09. The number of benzene rings is 1. The number of aryl methyl sites for hydroxylation is 1. The van der Waals surface area contributed by atoms with Crippen LogP contribution in [0.5, 0.6) is 0 Å². The van der Waals surface area contributed by atoms with Crippen LogP contribution in [0.3, 0.4) is 0 Å². The lowest BCUT2D eigenvalue weighted by Crippen LogP contribution is -2.25. The highest BCUT2D eigenvalue weighted by Crippen LogP contribution is 2.22. The summed E-state index contributed by atoms with van der Waals surface area (Å²) in [7, 11) is 2.03. The van der Waals surface area contributed by atoms with Crippen molar-refractivity contribution in [2.75, 3.05) is 0 Å². The van der Waals surface area contributed by atoms with Crippen LogP contribution in [0.15, 0.2) is 48.1 Å². The first-order chi connectivity index (χ1) is 11.1. The predicted molar refractivity (Wildman–Crippen MR) is 94.5 cm³/mol. The van der Waals surface area contributed by atoms with Gasteiger partial charge < -0.3 is 4.57 Å². The van der Waals surface area contributed by atoms with Crippen LogP contribution in [-0.2, 0) is 13.6 Å². The minimum Gasteiger partial charge on any atom is -0.336 e. The Labute approximate surface area is 141 Å². The third kappa shape index (κ3) is 3.68. The fraction of sp³-hybridized carbons (Fsp3) is 0.333. The lowest BCUT2D eigenvalue weighted by atomic mass is 10.1. The number of hydrogen-bond acceptors (Lipinski definition) is 4. The zero-order valence-corrected chi connectivity index (χ0v) is 14.5. The molecule has 1 aromatic carbocycles. The summed E-state index contributed by atoms with van der Waals surface area (Å²) >= 11 is 1.73. The van der Waals surface area contributed by atoms with Crippen molar-refractivity contribution in [3.63, 3.8) is 0 Å². The molecule has 3 aromatic rings. The average molecular weight is 326 g/mol. The quantitative estimate of drug-likeness (QED) is 0.747. The Balaban J connectivity index is 1.80. The van der Waals surface area contributed by atoms with Gasteiger partial charge in [0.2, 0.25) is 0 Å². The first-order valence-electron chi connectivity index (χ1n) is 7.85. The van der Waals surface area contributed by atoms with E-state index in [-0.39, 0.29) is 6.04 Å². The molecule has 0 spiro atoms. The van der Waals surface area contributed by atoms with E-state index in [0.29, 0.717) is 5.92 Å². The molecule has 0 aliphatic carbocycles. The molecule has 2 heterocycles. The Morgan fingerprint density at radius 3 is 2.61 bits per heavy atom. The number of nitrogens with one attached hydrogen (secondary N) is 1. The van der Waals surface area contributed by atoms with E-state index in [1.807, 2.05) is 25.5 Å². The second-order valence-corrected chi connectivity index (χ2v) is 6.84. The number of imidazole rings is 1. The van der Waals surface area contributed by atoms with E-state index in [1.165, 1.54) is 10.6 Å². The largest absolute Gasteiger partial charge is 0.336 e. The first-order valence-corrected chi connectivity index (χ1v) is 8.73. The molecular formula is C18H22N4S. The second-order valence-electron chi connectivity index (χ2n) is 5.95. The summed E-state index contributed by atoms with van der Waals surface area (Å²) in [6, 6.07) is 10.5. The van der Waals surface area contributed by atoms with E-state index < -0.39 is 0 Å². The van der Waals surface area contributed by atoms with Crippen molar-refractivity contribution >= 4 is 11.3 Å². The molecule has 0 saturated carbocycles. The predicted octanol–water partition coefficient (Wildman–Crippen LogP) is 3.88. The lowest BCUT2D eigenvalue weighted by Gasteiger charge is -2.18. The van der Waals surface area contributed by atoms with E-state index >= 15 is 0 Å². The molecule has 1 atom stereocenters. The smallest absolute Gasteiger partial charge is 0.130 e. The number of rotatable bonds is 6. The number of aromatic nitrogens is 3. The average Bonchev–Trinajstić information content (AvgIpc) is 3.19. The summed E-state index contributed by atoms with van der Waals surface area (Å²) in [4.78, 5) is 9.23. The third-order valence-corrected chi connectivity index (χ3v) is 4.99. The Morgan fingerprint density at radius 2 is 2.00 bits per heavy atom. The first kappa shape index (κ1) is 15.9. The van der Waals surface area contributed by atoms with Gasteiger partial charge in [0, 0.05) is 37.3 Å². The lowest BCUT2D eigenvalue weighted by molar-refractivity contribution is 0.553. The fourth-order valence-electron chi connectivity index (χ4n) is 2.53. The van der Waals surface area contributed by atoms with Crippen molar-refractivity contribution in [2.24, 2.45) is 7.05 Å². The number of thiazole rings is 1. The van der Waals surface area contributed by atoms with Crippen LogP contribution in [-0.4, -0.2) is 14.5 Å². The Morgan fingerprint density at radius 1 is 1.22 bits per heavy atom. The topological polar surface area (TPSA) is 42.7 Å². The summed E-state index contributed by atoms with van der Waals surface area (Å²) < 4.78 is 2.06. The molecule has 0 unspecified atom stereocenters. The molecule has 23 heavy (non-hydrogen) atoms.